The number of hydrogen-bond acceptors (Lipinski definition) is 5. The van der Waals surface area contributed by atoms with Gasteiger partial charge in [0.2, 0.25) is 0 Å². The number of thioether (sulfide) groups is 1. The van der Waals surface area contributed by atoms with E-state index in [1.54, 1.807) is 12.1 Å². The van der Waals surface area contributed by atoms with Crippen molar-refractivity contribution in [1.29, 1.82) is 0 Å². The monoisotopic (exact) mass is 377 g/mol. The summed E-state index contributed by atoms with van der Waals surface area (Å²) in [6.45, 7) is 0.597. The number of nitro benzene ring substituents is 1. The number of benzene rings is 2. The maximum Gasteiger partial charge on any atom is 0.269 e. The zero-order chi connectivity index (χ0) is 18.7. The number of non-ortho nitro benzene ring substituents is 1. The van der Waals surface area contributed by atoms with E-state index in [9.17, 15) is 23.7 Å². The molecule has 0 atom stereocenters. The average Bonchev–Trinajstić information content (AvgIpc) is 3.08. The van der Waals surface area contributed by atoms with E-state index in [0.29, 0.717) is 17.5 Å². The summed E-state index contributed by atoms with van der Waals surface area (Å²) in [4.78, 5) is 28.1. The molecule has 1 aliphatic heterocycles. The molecule has 1 amide bonds. The summed E-state index contributed by atoms with van der Waals surface area (Å²) in [6, 6.07) is 9.28. The standard InChI is InChI=1S/C17H13F2N3O3S/c18-13-2-1-3-14(19)15(13)16(23)21-9-8-20-17(21)26-10-11-4-6-12(7-5-11)22(24)25/h1-7H,8-10H2. The lowest BCUT2D eigenvalue weighted by atomic mass is 10.1. The Balaban J connectivity index is 1.70. The van der Waals surface area contributed by atoms with Crippen molar-refractivity contribution < 1.29 is 18.5 Å². The number of amidine groups is 1. The molecule has 0 aromatic heterocycles. The van der Waals surface area contributed by atoms with Crippen LogP contribution in [0.2, 0.25) is 0 Å². The summed E-state index contributed by atoms with van der Waals surface area (Å²) in [5.74, 6) is -2.18. The normalized spacial score (nSPS) is 13.6. The van der Waals surface area contributed by atoms with Crippen LogP contribution in [0.5, 0.6) is 0 Å². The molecule has 0 radical (unpaired) electrons. The third-order valence-electron chi connectivity index (χ3n) is 3.74. The zero-order valence-corrected chi connectivity index (χ0v) is 14.2. The second kappa shape index (κ2) is 7.61. The number of rotatable bonds is 4. The molecule has 2 aromatic rings. The first-order valence-corrected chi connectivity index (χ1v) is 8.62. The second-order valence-corrected chi connectivity index (χ2v) is 6.37. The fourth-order valence-corrected chi connectivity index (χ4v) is 3.44. The smallest absolute Gasteiger partial charge is 0.269 e. The quantitative estimate of drug-likeness (QED) is 0.602. The van der Waals surface area contributed by atoms with Gasteiger partial charge in [0, 0.05) is 24.4 Å². The van der Waals surface area contributed by atoms with Gasteiger partial charge in [0.15, 0.2) is 5.17 Å². The molecule has 3 rings (SSSR count). The molecule has 0 aliphatic carbocycles. The van der Waals surface area contributed by atoms with Crippen LogP contribution in [-0.2, 0) is 5.75 Å². The Kier molecular flexibility index (Phi) is 5.27. The first-order chi connectivity index (χ1) is 12.5. The van der Waals surface area contributed by atoms with Crippen molar-refractivity contribution in [2.75, 3.05) is 13.1 Å². The van der Waals surface area contributed by atoms with Gasteiger partial charge in [0.25, 0.3) is 11.6 Å². The first kappa shape index (κ1) is 18.0. The predicted molar refractivity (Wildman–Crippen MR) is 94.1 cm³/mol. The van der Waals surface area contributed by atoms with Crippen LogP contribution in [0.1, 0.15) is 15.9 Å². The molecular formula is C17H13F2N3O3S. The lowest BCUT2D eigenvalue weighted by molar-refractivity contribution is -0.384. The third kappa shape index (κ3) is 3.72. The van der Waals surface area contributed by atoms with Crippen molar-refractivity contribution >= 4 is 28.5 Å². The Morgan fingerprint density at radius 1 is 1.19 bits per heavy atom. The summed E-state index contributed by atoms with van der Waals surface area (Å²) < 4.78 is 27.7. The zero-order valence-electron chi connectivity index (χ0n) is 13.4. The van der Waals surface area contributed by atoms with Crippen LogP contribution in [0.3, 0.4) is 0 Å². The molecule has 0 unspecified atom stereocenters. The summed E-state index contributed by atoms with van der Waals surface area (Å²) in [5, 5.41) is 11.0. The molecule has 6 nitrogen and oxygen atoms in total. The largest absolute Gasteiger partial charge is 0.285 e. The van der Waals surface area contributed by atoms with Gasteiger partial charge in [-0.05, 0) is 17.7 Å². The maximum absolute atomic E-state index is 13.8. The molecule has 2 aromatic carbocycles. The number of carbonyl (C=O) groups excluding carboxylic acids is 1. The summed E-state index contributed by atoms with van der Waals surface area (Å²) >= 11 is 1.23. The molecule has 26 heavy (non-hydrogen) atoms. The second-order valence-electron chi connectivity index (χ2n) is 5.43. The van der Waals surface area contributed by atoms with Gasteiger partial charge in [0.1, 0.15) is 17.2 Å². The first-order valence-electron chi connectivity index (χ1n) is 7.64. The van der Waals surface area contributed by atoms with Crippen LogP contribution in [-0.4, -0.2) is 34.0 Å². The van der Waals surface area contributed by atoms with Crippen molar-refractivity contribution in [2.24, 2.45) is 4.99 Å². The minimum Gasteiger partial charge on any atom is -0.285 e. The van der Waals surface area contributed by atoms with Crippen molar-refractivity contribution in [3.05, 3.63) is 75.3 Å². The molecule has 134 valence electrons. The van der Waals surface area contributed by atoms with Crippen LogP contribution >= 0.6 is 11.8 Å². The van der Waals surface area contributed by atoms with Gasteiger partial charge in [-0.2, -0.15) is 0 Å². The Labute approximate surface area is 151 Å². The molecule has 0 bridgehead atoms. The molecule has 0 N–H and O–H groups in total. The lowest BCUT2D eigenvalue weighted by Crippen LogP contribution is -2.34. The number of carbonyl (C=O) groups is 1. The van der Waals surface area contributed by atoms with E-state index in [0.717, 1.165) is 17.7 Å². The molecule has 9 heteroatoms. The average molecular weight is 377 g/mol. The van der Waals surface area contributed by atoms with Crippen molar-refractivity contribution in [3.63, 3.8) is 0 Å². The van der Waals surface area contributed by atoms with Gasteiger partial charge in [0.05, 0.1) is 11.5 Å². The van der Waals surface area contributed by atoms with E-state index in [4.69, 9.17) is 0 Å². The highest BCUT2D eigenvalue weighted by molar-refractivity contribution is 8.13. The number of nitro groups is 1. The van der Waals surface area contributed by atoms with E-state index in [-0.39, 0.29) is 12.2 Å². The SMILES string of the molecule is O=C(c1c(F)cccc1F)N1CCN=C1SCc1ccc([N+](=O)[O-])cc1. The molecule has 0 saturated heterocycles. The van der Waals surface area contributed by atoms with Gasteiger partial charge < -0.3 is 0 Å². The third-order valence-corrected chi connectivity index (χ3v) is 4.82. The van der Waals surface area contributed by atoms with E-state index < -0.39 is 28.0 Å². The van der Waals surface area contributed by atoms with Gasteiger partial charge in [-0.3, -0.25) is 24.8 Å². The van der Waals surface area contributed by atoms with Crippen molar-refractivity contribution in [1.82, 2.24) is 4.90 Å². The Hall–Kier alpha value is -2.81. The number of amides is 1. The summed E-state index contributed by atoms with van der Waals surface area (Å²) in [7, 11) is 0. The van der Waals surface area contributed by atoms with Crippen molar-refractivity contribution in [2.45, 2.75) is 5.75 Å². The minimum atomic E-state index is -0.915. The van der Waals surface area contributed by atoms with Crippen LogP contribution in [0, 0.1) is 21.7 Å². The van der Waals surface area contributed by atoms with Gasteiger partial charge in [-0.25, -0.2) is 8.78 Å². The molecule has 1 aliphatic rings. The Morgan fingerprint density at radius 2 is 1.85 bits per heavy atom. The van der Waals surface area contributed by atoms with Gasteiger partial charge in [-0.1, -0.05) is 30.0 Å². The van der Waals surface area contributed by atoms with Crippen molar-refractivity contribution in [3.8, 4) is 0 Å². The highest BCUT2D eigenvalue weighted by Gasteiger charge is 2.29. The topological polar surface area (TPSA) is 75.8 Å². The molecule has 0 saturated carbocycles. The van der Waals surface area contributed by atoms with Crippen LogP contribution < -0.4 is 0 Å². The van der Waals surface area contributed by atoms with E-state index >= 15 is 0 Å². The molecular weight excluding hydrogens is 364 g/mol. The maximum atomic E-state index is 13.8. The number of halogens is 2. The fraction of sp³-hybridized carbons (Fsp3) is 0.176. The van der Waals surface area contributed by atoms with Gasteiger partial charge in [-0.15, -0.1) is 0 Å². The molecule has 0 spiro atoms. The molecule has 0 fully saturated rings. The highest BCUT2D eigenvalue weighted by Crippen LogP contribution is 2.24. The minimum absolute atomic E-state index is 0.0104. The number of hydrogen-bond donors (Lipinski definition) is 0. The summed E-state index contributed by atoms with van der Waals surface area (Å²) in [5.41, 5.74) is 0.196. The van der Waals surface area contributed by atoms with E-state index in [1.165, 1.54) is 34.9 Å². The number of nitrogens with zero attached hydrogens (tertiary/aromatic N) is 3. The Morgan fingerprint density at radius 3 is 2.46 bits per heavy atom. The molecule has 1 heterocycles. The van der Waals surface area contributed by atoms with E-state index in [2.05, 4.69) is 4.99 Å². The van der Waals surface area contributed by atoms with Crippen LogP contribution in [0.25, 0.3) is 0 Å². The van der Waals surface area contributed by atoms with Gasteiger partial charge >= 0.3 is 0 Å². The predicted octanol–water partition coefficient (Wildman–Crippen LogP) is 3.62. The Bertz CT molecular complexity index is 867. The van der Waals surface area contributed by atoms with Crippen LogP contribution in [0.15, 0.2) is 47.5 Å². The van der Waals surface area contributed by atoms with E-state index in [1.807, 2.05) is 0 Å². The number of aliphatic imine (C=N–C) groups is 1. The van der Waals surface area contributed by atoms with Crippen LogP contribution in [0.4, 0.5) is 14.5 Å². The highest BCUT2D eigenvalue weighted by atomic mass is 32.2. The lowest BCUT2D eigenvalue weighted by Gasteiger charge is -2.18. The fourth-order valence-electron chi connectivity index (χ4n) is 2.44. The summed E-state index contributed by atoms with van der Waals surface area (Å²) in [6.07, 6.45) is 0.